The van der Waals surface area contributed by atoms with Gasteiger partial charge in [0, 0.05) is 22.7 Å². The number of urea groups is 1. The highest BCUT2D eigenvalue weighted by Gasteiger charge is 2.25. The number of hydrogen-bond donors (Lipinski definition) is 2. The number of nitrogens with one attached hydrogen (secondary N) is 2. The first kappa shape index (κ1) is 22.4. The summed E-state index contributed by atoms with van der Waals surface area (Å²) in [6.45, 7) is 2.11. The lowest BCUT2D eigenvalue weighted by atomic mass is 10.2. The quantitative estimate of drug-likeness (QED) is 0.389. The number of esters is 1. The van der Waals surface area contributed by atoms with Gasteiger partial charge >= 0.3 is 12.0 Å². The van der Waals surface area contributed by atoms with E-state index in [9.17, 15) is 9.59 Å². The third kappa shape index (κ3) is 5.01. The predicted molar refractivity (Wildman–Crippen MR) is 124 cm³/mol. The van der Waals surface area contributed by atoms with Gasteiger partial charge in [-0.25, -0.2) is 9.59 Å². The summed E-state index contributed by atoms with van der Waals surface area (Å²) in [5.41, 5.74) is 2.62. The average molecular weight is 466 g/mol. The van der Waals surface area contributed by atoms with Crippen LogP contribution in [0.5, 0.6) is 5.75 Å². The topological polar surface area (TPSA) is 107 Å². The molecule has 2 heterocycles. The molecule has 0 radical (unpaired) electrons. The Labute approximate surface area is 195 Å². The van der Waals surface area contributed by atoms with Crippen LogP contribution in [0.3, 0.4) is 0 Å². The smallest absolute Gasteiger partial charge is 0.337 e. The predicted octanol–water partition coefficient (Wildman–Crippen LogP) is 3.17. The molecule has 0 aliphatic carbocycles. The number of aromatic nitrogens is 3. The molecule has 0 spiro atoms. The van der Waals surface area contributed by atoms with Crippen molar-refractivity contribution >= 4 is 23.8 Å². The summed E-state index contributed by atoms with van der Waals surface area (Å²) < 4.78 is 12.4. The molecular formula is C23H23N5O4S. The maximum absolute atomic E-state index is 12.3. The Balaban J connectivity index is 1.70. The van der Waals surface area contributed by atoms with Crippen molar-refractivity contribution in [2.24, 2.45) is 0 Å². The summed E-state index contributed by atoms with van der Waals surface area (Å²) in [5, 5.41) is 14.8. The molecule has 1 aromatic heterocycles. The molecule has 0 unspecified atom stereocenters. The van der Waals surface area contributed by atoms with E-state index in [1.807, 2.05) is 59.2 Å². The van der Waals surface area contributed by atoms with Gasteiger partial charge < -0.3 is 20.1 Å². The second-order valence-electron chi connectivity index (χ2n) is 6.98. The standard InChI is InChI=1S/C23H23N5O4S/c1-3-32-21(29)18-13-24-22(30)25-19(18)14-33-23-27-26-20(15-8-7-11-17(12-15)31-2)28(23)16-9-5-4-6-10-16/h4-12H,3,13-14H2,1-2H3,(H2,24,25,30). The number of thioether (sulfide) groups is 1. The first-order valence-electron chi connectivity index (χ1n) is 10.3. The van der Waals surface area contributed by atoms with Crippen LogP contribution in [0.2, 0.25) is 0 Å². The van der Waals surface area contributed by atoms with Crippen LogP contribution in [0.4, 0.5) is 4.79 Å². The van der Waals surface area contributed by atoms with Crippen LogP contribution in [-0.2, 0) is 9.53 Å². The van der Waals surface area contributed by atoms with Crippen molar-refractivity contribution in [2.45, 2.75) is 12.1 Å². The van der Waals surface area contributed by atoms with Crippen molar-refractivity contribution in [2.75, 3.05) is 26.0 Å². The van der Waals surface area contributed by atoms with E-state index in [1.54, 1.807) is 14.0 Å². The van der Waals surface area contributed by atoms with E-state index in [0.29, 0.717) is 33.8 Å². The van der Waals surface area contributed by atoms with Gasteiger partial charge in [-0.2, -0.15) is 0 Å². The van der Waals surface area contributed by atoms with Gasteiger partial charge in [0.2, 0.25) is 0 Å². The number of nitrogens with zero attached hydrogens (tertiary/aromatic N) is 3. The van der Waals surface area contributed by atoms with Crippen molar-refractivity contribution in [3.63, 3.8) is 0 Å². The van der Waals surface area contributed by atoms with Gasteiger partial charge in [0.15, 0.2) is 11.0 Å². The van der Waals surface area contributed by atoms with Crippen LogP contribution in [0, 0.1) is 0 Å². The summed E-state index contributed by atoms with van der Waals surface area (Å²) in [5.74, 6) is 1.22. The monoisotopic (exact) mass is 465 g/mol. The molecule has 170 valence electrons. The van der Waals surface area contributed by atoms with Crippen LogP contribution in [0.25, 0.3) is 17.1 Å². The Kier molecular flexibility index (Phi) is 6.94. The SMILES string of the molecule is CCOC(=O)C1=C(CSc2nnc(-c3cccc(OC)c3)n2-c2ccccc2)NC(=O)NC1. The molecule has 0 bridgehead atoms. The molecule has 4 rings (SSSR count). The van der Waals surface area contributed by atoms with Gasteiger partial charge in [-0.05, 0) is 31.2 Å². The molecule has 2 amide bonds. The van der Waals surface area contributed by atoms with E-state index in [0.717, 1.165) is 11.3 Å². The molecule has 0 saturated heterocycles. The number of ether oxygens (including phenoxy) is 2. The van der Waals surface area contributed by atoms with Gasteiger partial charge in [0.1, 0.15) is 5.75 Å². The Morgan fingerprint density at radius 3 is 2.73 bits per heavy atom. The summed E-state index contributed by atoms with van der Waals surface area (Å²) in [6, 6.07) is 17.0. The first-order valence-corrected chi connectivity index (χ1v) is 11.3. The Hall–Kier alpha value is -3.79. The molecule has 10 heteroatoms. The molecule has 0 saturated carbocycles. The number of benzene rings is 2. The zero-order valence-corrected chi connectivity index (χ0v) is 19.0. The number of rotatable bonds is 8. The molecule has 0 atom stereocenters. The minimum atomic E-state index is -0.456. The fraction of sp³-hybridized carbons (Fsp3) is 0.217. The van der Waals surface area contributed by atoms with E-state index in [2.05, 4.69) is 20.8 Å². The van der Waals surface area contributed by atoms with E-state index >= 15 is 0 Å². The third-order valence-electron chi connectivity index (χ3n) is 4.90. The lowest BCUT2D eigenvalue weighted by Gasteiger charge is -2.21. The number of hydrogen-bond acceptors (Lipinski definition) is 7. The highest BCUT2D eigenvalue weighted by atomic mass is 32.2. The van der Waals surface area contributed by atoms with Crippen LogP contribution in [0.15, 0.2) is 71.0 Å². The highest BCUT2D eigenvalue weighted by Crippen LogP contribution is 2.30. The normalized spacial score (nSPS) is 13.3. The van der Waals surface area contributed by atoms with Crippen LogP contribution < -0.4 is 15.4 Å². The Morgan fingerprint density at radius 2 is 1.97 bits per heavy atom. The molecule has 2 aromatic carbocycles. The van der Waals surface area contributed by atoms with Crippen molar-refractivity contribution < 1.29 is 19.1 Å². The van der Waals surface area contributed by atoms with Gasteiger partial charge in [0.25, 0.3) is 0 Å². The van der Waals surface area contributed by atoms with Crippen molar-refractivity contribution in [3.8, 4) is 22.8 Å². The van der Waals surface area contributed by atoms with Gasteiger partial charge in [-0.1, -0.05) is 42.1 Å². The molecule has 0 fully saturated rings. The molecular weight excluding hydrogens is 442 g/mol. The van der Waals surface area contributed by atoms with Crippen molar-refractivity contribution in [1.29, 1.82) is 0 Å². The fourth-order valence-corrected chi connectivity index (χ4v) is 4.27. The summed E-state index contributed by atoms with van der Waals surface area (Å²) in [7, 11) is 1.62. The number of para-hydroxylation sites is 1. The van der Waals surface area contributed by atoms with E-state index in [1.165, 1.54) is 11.8 Å². The average Bonchev–Trinajstić information content (AvgIpc) is 3.27. The van der Waals surface area contributed by atoms with Crippen molar-refractivity contribution in [1.82, 2.24) is 25.4 Å². The molecule has 9 nitrogen and oxygen atoms in total. The van der Waals surface area contributed by atoms with Crippen LogP contribution >= 0.6 is 11.8 Å². The molecule has 1 aliphatic rings. The number of carbonyl (C=O) groups excluding carboxylic acids is 2. The Morgan fingerprint density at radius 1 is 1.15 bits per heavy atom. The molecule has 33 heavy (non-hydrogen) atoms. The van der Waals surface area contributed by atoms with E-state index < -0.39 is 5.97 Å². The van der Waals surface area contributed by atoms with Crippen molar-refractivity contribution in [3.05, 3.63) is 65.9 Å². The third-order valence-corrected chi connectivity index (χ3v) is 5.85. The summed E-state index contributed by atoms with van der Waals surface area (Å²) in [4.78, 5) is 24.2. The number of carbonyl (C=O) groups is 2. The maximum atomic E-state index is 12.3. The fourth-order valence-electron chi connectivity index (χ4n) is 3.33. The van der Waals surface area contributed by atoms with E-state index in [4.69, 9.17) is 9.47 Å². The second kappa shape index (κ2) is 10.2. The zero-order chi connectivity index (χ0) is 23.2. The molecule has 2 N–H and O–H groups in total. The van der Waals surface area contributed by atoms with Gasteiger partial charge in [0.05, 0.1) is 25.8 Å². The summed E-state index contributed by atoms with van der Waals surface area (Å²) in [6.07, 6.45) is 0. The Bertz CT molecular complexity index is 1190. The largest absolute Gasteiger partial charge is 0.497 e. The second-order valence-corrected chi connectivity index (χ2v) is 7.93. The van der Waals surface area contributed by atoms with E-state index in [-0.39, 0.29) is 19.2 Å². The lowest BCUT2D eigenvalue weighted by Crippen LogP contribution is -2.44. The number of amides is 2. The zero-order valence-electron chi connectivity index (χ0n) is 18.2. The minimum Gasteiger partial charge on any atom is -0.497 e. The summed E-state index contributed by atoms with van der Waals surface area (Å²) >= 11 is 1.37. The van der Waals surface area contributed by atoms with Gasteiger partial charge in [-0.3, -0.25) is 4.57 Å². The van der Waals surface area contributed by atoms with Gasteiger partial charge in [-0.15, -0.1) is 10.2 Å². The minimum absolute atomic E-state index is 0.112. The highest BCUT2D eigenvalue weighted by molar-refractivity contribution is 7.99. The lowest BCUT2D eigenvalue weighted by molar-refractivity contribution is -0.138. The maximum Gasteiger partial charge on any atom is 0.337 e. The number of methoxy groups -OCH3 is 1. The first-order chi connectivity index (χ1) is 16.1. The molecule has 3 aromatic rings. The van der Waals surface area contributed by atoms with Crippen LogP contribution in [-0.4, -0.2) is 52.8 Å². The molecule has 1 aliphatic heterocycles. The van der Waals surface area contributed by atoms with Crippen LogP contribution in [0.1, 0.15) is 6.92 Å².